The second-order valence-corrected chi connectivity index (χ2v) is 8.28. The molecule has 2 N–H and O–H groups in total. The van der Waals surface area contributed by atoms with E-state index in [4.69, 9.17) is 0 Å². The van der Waals surface area contributed by atoms with Crippen molar-refractivity contribution >= 4 is 45.9 Å². The molecule has 0 radical (unpaired) electrons. The number of nitrogens with zero attached hydrogens (tertiary/aromatic N) is 5. The van der Waals surface area contributed by atoms with Crippen LogP contribution in [0.5, 0.6) is 0 Å². The minimum atomic E-state index is -0.172. The van der Waals surface area contributed by atoms with Gasteiger partial charge in [0.05, 0.1) is 23.1 Å². The van der Waals surface area contributed by atoms with E-state index in [1.165, 1.54) is 23.1 Å². The summed E-state index contributed by atoms with van der Waals surface area (Å²) in [5.74, 6) is 1.13. The predicted octanol–water partition coefficient (Wildman–Crippen LogP) is 2.81. The molecule has 3 heterocycles. The Labute approximate surface area is 166 Å². The fourth-order valence-electron chi connectivity index (χ4n) is 2.46. The number of carbonyl (C=O) groups excluding carboxylic acids is 1. The van der Waals surface area contributed by atoms with Gasteiger partial charge in [-0.2, -0.15) is 5.10 Å². The average molecular weight is 406 g/mol. The number of carbonyl (C=O) groups is 1. The molecule has 0 saturated heterocycles. The first-order valence-electron chi connectivity index (χ1n) is 8.69. The Balaban J connectivity index is 1.72. The molecule has 0 bridgehead atoms. The molecule has 0 aliphatic heterocycles. The van der Waals surface area contributed by atoms with Gasteiger partial charge < -0.3 is 10.6 Å². The molecule has 0 atom stereocenters. The molecule has 1 amide bonds. The van der Waals surface area contributed by atoms with Gasteiger partial charge in [0.25, 0.3) is 5.91 Å². The molecule has 10 heteroatoms. The average Bonchev–Trinajstić information content (AvgIpc) is 3.26. The van der Waals surface area contributed by atoms with Gasteiger partial charge in [0.2, 0.25) is 0 Å². The fourth-order valence-corrected chi connectivity index (χ4v) is 3.41. The highest BCUT2D eigenvalue weighted by Gasteiger charge is 2.14. The van der Waals surface area contributed by atoms with Gasteiger partial charge in [0.15, 0.2) is 10.8 Å². The van der Waals surface area contributed by atoms with E-state index in [0.717, 1.165) is 28.4 Å². The zero-order valence-corrected chi connectivity index (χ0v) is 17.4. The van der Waals surface area contributed by atoms with Crippen LogP contribution < -0.4 is 10.6 Å². The highest BCUT2D eigenvalue weighted by atomic mass is 32.2. The minimum absolute atomic E-state index is 0.172. The molecule has 144 valence electrons. The first-order chi connectivity index (χ1) is 13.0. The van der Waals surface area contributed by atoms with E-state index < -0.39 is 0 Å². The van der Waals surface area contributed by atoms with Gasteiger partial charge >= 0.3 is 0 Å². The molecule has 0 aliphatic carbocycles. The Bertz CT molecular complexity index is 935. The maximum Gasteiger partial charge on any atom is 0.270 e. The largest absolute Gasteiger partial charge is 0.369 e. The molecule has 0 unspecified atom stereocenters. The van der Waals surface area contributed by atoms with Crippen molar-refractivity contribution in [3.63, 3.8) is 0 Å². The Morgan fingerprint density at radius 2 is 2.15 bits per heavy atom. The topological polar surface area (TPSA) is 97.6 Å². The summed E-state index contributed by atoms with van der Waals surface area (Å²) in [5, 5.41) is 14.9. The summed E-state index contributed by atoms with van der Waals surface area (Å²) >= 11 is 2.95. The molecule has 3 aromatic heterocycles. The normalized spacial score (nSPS) is 11.3. The van der Waals surface area contributed by atoms with E-state index in [0.29, 0.717) is 29.9 Å². The van der Waals surface area contributed by atoms with Gasteiger partial charge in [-0.15, -0.1) is 11.3 Å². The van der Waals surface area contributed by atoms with Crippen LogP contribution in [0.2, 0.25) is 0 Å². The van der Waals surface area contributed by atoms with Crippen molar-refractivity contribution in [1.29, 1.82) is 0 Å². The van der Waals surface area contributed by atoms with Gasteiger partial charge in [0, 0.05) is 18.5 Å². The number of rotatable bonds is 8. The minimum Gasteiger partial charge on any atom is -0.369 e. The molecule has 27 heavy (non-hydrogen) atoms. The standard InChI is InChI=1S/C17H23N7OS2/c1-10(2)7-19-14-12-8-20-24(15(12)23-17(22-14)26-4)6-5-18-16(25)13-9-27-11(3)21-13/h8-10H,5-7H2,1-4H3,(H,18,25)(H,19,22,23). The summed E-state index contributed by atoms with van der Waals surface area (Å²) in [6, 6.07) is 0. The monoisotopic (exact) mass is 405 g/mol. The summed E-state index contributed by atoms with van der Waals surface area (Å²) in [6.45, 7) is 7.97. The lowest BCUT2D eigenvalue weighted by molar-refractivity contribution is 0.0947. The Hall–Kier alpha value is -2.20. The van der Waals surface area contributed by atoms with E-state index in [2.05, 4.69) is 44.5 Å². The van der Waals surface area contributed by atoms with Gasteiger partial charge in [-0.25, -0.2) is 19.6 Å². The Morgan fingerprint density at radius 1 is 1.33 bits per heavy atom. The molecule has 0 aromatic carbocycles. The zero-order valence-electron chi connectivity index (χ0n) is 15.8. The number of anilines is 1. The van der Waals surface area contributed by atoms with Gasteiger partial charge in [0.1, 0.15) is 11.5 Å². The van der Waals surface area contributed by atoms with Crippen LogP contribution in [0.4, 0.5) is 5.82 Å². The maximum absolute atomic E-state index is 12.1. The highest BCUT2D eigenvalue weighted by molar-refractivity contribution is 7.98. The second kappa shape index (κ2) is 8.66. The van der Waals surface area contributed by atoms with Crippen LogP contribution in [0.3, 0.4) is 0 Å². The molecule has 0 saturated carbocycles. The van der Waals surface area contributed by atoms with Crippen molar-refractivity contribution < 1.29 is 4.79 Å². The number of fused-ring (bicyclic) bond motifs is 1. The molecule has 0 fully saturated rings. The van der Waals surface area contributed by atoms with E-state index in [-0.39, 0.29) is 5.91 Å². The molecular formula is C17H23N7OS2. The first kappa shape index (κ1) is 19.6. The molecule has 8 nitrogen and oxygen atoms in total. The quantitative estimate of drug-likeness (QED) is 0.439. The predicted molar refractivity (Wildman–Crippen MR) is 110 cm³/mol. The molecule has 0 spiro atoms. The zero-order chi connectivity index (χ0) is 19.4. The number of thiazole rings is 1. The number of nitrogens with one attached hydrogen (secondary N) is 2. The number of thioether (sulfide) groups is 1. The van der Waals surface area contributed by atoms with Crippen molar-refractivity contribution in [3.05, 3.63) is 22.3 Å². The molecule has 3 rings (SSSR count). The summed E-state index contributed by atoms with van der Waals surface area (Å²) in [5.41, 5.74) is 1.22. The van der Waals surface area contributed by atoms with Gasteiger partial charge in [-0.1, -0.05) is 25.6 Å². The SMILES string of the molecule is CSc1nc(NCC(C)C)c2cnn(CCNC(=O)c3csc(C)n3)c2n1. The summed E-state index contributed by atoms with van der Waals surface area (Å²) in [7, 11) is 0. The van der Waals surface area contributed by atoms with Crippen LogP contribution in [0.15, 0.2) is 16.7 Å². The summed E-state index contributed by atoms with van der Waals surface area (Å²) < 4.78 is 1.80. The van der Waals surface area contributed by atoms with Crippen molar-refractivity contribution in [1.82, 2.24) is 30.0 Å². The first-order valence-corrected chi connectivity index (χ1v) is 10.8. The second-order valence-electron chi connectivity index (χ2n) is 6.45. The number of hydrogen-bond acceptors (Lipinski definition) is 8. The lowest BCUT2D eigenvalue weighted by Gasteiger charge is -2.10. The number of aromatic nitrogens is 5. The van der Waals surface area contributed by atoms with Crippen molar-refractivity contribution in [2.75, 3.05) is 24.7 Å². The van der Waals surface area contributed by atoms with Crippen molar-refractivity contribution in [3.8, 4) is 0 Å². The lowest BCUT2D eigenvalue weighted by atomic mass is 10.2. The third-order valence-corrected chi connectivity index (χ3v) is 5.12. The van der Waals surface area contributed by atoms with Crippen LogP contribution in [-0.4, -0.2) is 50.0 Å². The van der Waals surface area contributed by atoms with Gasteiger partial charge in [-0.05, 0) is 19.1 Å². The third-order valence-electron chi connectivity index (χ3n) is 3.80. The summed E-state index contributed by atoms with van der Waals surface area (Å²) in [6.07, 6.45) is 3.72. The van der Waals surface area contributed by atoms with Crippen LogP contribution in [0.1, 0.15) is 29.3 Å². The number of aryl methyl sites for hydroxylation is 1. The van der Waals surface area contributed by atoms with E-state index in [1.54, 1.807) is 16.3 Å². The fraction of sp³-hybridized carbons (Fsp3) is 0.471. The van der Waals surface area contributed by atoms with E-state index >= 15 is 0 Å². The Morgan fingerprint density at radius 3 is 2.81 bits per heavy atom. The van der Waals surface area contributed by atoms with E-state index in [1.807, 2.05) is 13.2 Å². The maximum atomic E-state index is 12.1. The molecule has 3 aromatic rings. The van der Waals surface area contributed by atoms with E-state index in [9.17, 15) is 4.79 Å². The van der Waals surface area contributed by atoms with Crippen molar-refractivity contribution in [2.24, 2.45) is 5.92 Å². The number of hydrogen-bond donors (Lipinski definition) is 2. The van der Waals surface area contributed by atoms with Crippen LogP contribution in [0.25, 0.3) is 11.0 Å². The smallest absolute Gasteiger partial charge is 0.270 e. The molecule has 0 aliphatic rings. The Kier molecular flexibility index (Phi) is 6.27. The highest BCUT2D eigenvalue weighted by Crippen LogP contribution is 2.23. The lowest BCUT2D eigenvalue weighted by Crippen LogP contribution is -2.27. The third kappa shape index (κ3) is 4.75. The van der Waals surface area contributed by atoms with Crippen LogP contribution in [0, 0.1) is 12.8 Å². The molecular weight excluding hydrogens is 382 g/mol. The summed E-state index contributed by atoms with van der Waals surface area (Å²) in [4.78, 5) is 25.5. The van der Waals surface area contributed by atoms with Crippen molar-refractivity contribution in [2.45, 2.75) is 32.5 Å². The van der Waals surface area contributed by atoms with Gasteiger partial charge in [-0.3, -0.25) is 4.79 Å². The van der Waals surface area contributed by atoms with Crippen LogP contribution in [-0.2, 0) is 6.54 Å². The number of amides is 1. The van der Waals surface area contributed by atoms with Crippen LogP contribution >= 0.6 is 23.1 Å².